The monoisotopic (exact) mass is 351 g/mol. The minimum atomic E-state index is -0.758. The van der Waals surface area contributed by atoms with Crippen LogP contribution < -0.4 is 11.2 Å². The molecule has 7 heteroatoms. The highest BCUT2D eigenvalue weighted by Crippen LogP contribution is 2.40. The van der Waals surface area contributed by atoms with Crippen LogP contribution in [0.2, 0.25) is 0 Å². The number of hydrogen-bond donors (Lipinski definition) is 3. The van der Waals surface area contributed by atoms with E-state index in [-0.39, 0.29) is 5.75 Å². The van der Waals surface area contributed by atoms with Crippen molar-refractivity contribution in [1.82, 2.24) is 5.43 Å². The summed E-state index contributed by atoms with van der Waals surface area (Å²) < 4.78 is 6.39. The first-order valence-electron chi connectivity index (χ1n) is 6.62. The van der Waals surface area contributed by atoms with Crippen molar-refractivity contribution in [1.29, 1.82) is 0 Å². The van der Waals surface area contributed by atoms with Gasteiger partial charge in [0.15, 0.2) is 0 Å². The molecule has 0 spiro atoms. The number of hydrazone groups is 1. The van der Waals surface area contributed by atoms with E-state index in [1.165, 1.54) is 6.21 Å². The Kier molecular flexibility index (Phi) is 3.59. The summed E-state index contributed by atoms with van der Waals surface area (Å²) in [5, 5.41) is 14.9. The number of aryl methyl sites for hydroxylation is 2. The van der Waals surface area contributed by atoms with Crippen LogP contribution >= 0.6 is 15.9 Å². The molecule has 0 saturated carbocycles. The summed E-state index contributed by atoms with van der Waals surface area (Å²) in [5.41, 5.74) is 9.43. The molecule has 0 aliphatic heterocycles. The summed E-state index contributed by atoms with van der Waals surface area (Å²) >= 11 is 3.30. The predicted octanol–water partition coefficient (Wildman–Crippen LogP) is 2.78. The fraction of sp³-hybridized carbons (Fsp3) is 0.286. The first kappa shape index (κ1) is 13.9. The number of primary amides is 1. The van der Waals surface area contributed by atoms with Crippen LogP contribution in [0, 0.1) is 0 Å². The zero-order valence-corrected chi connectivity index (χ0v) is 12.7. The van der Waals surface area contributed by atoms with Crippen molar-refractivity contribution < 1.29 is 14.3 Å². The zero-order valence-electron chi connectivity index (χ0n) is 11.1. The molecule has 2 amide bonds. The number of fused-ring (bicyclic) bond motifs is 3. The average molecular weight is 352 g/mol. The van der Waals surface area contributed by atoms with Gasteiger partial charge in [-0.1, -0.05) is 0 Å². The van der Waals surface area contributed by atoms with Gasteiger partial charge >= 0.3 is 6.03 Å². The molecule has 21 heavy (non-hydrogen) atoms. The third-order valence-electron chi connectivity index (χ3n) is 3.58. The Labute approximate surface area is 129 Å². The maximum absolute atomic E-state index is 10.7. The number of nitrogens with two attached hydrogens (primary N) is 1. The highest BCUT2D eigenvalue weighted by molar-refractivity contribution is 9.10. The minimum absolute atomic E-state index is 0.0618. The van der Waals surface area contributed by atoms with Gasteiger partial charge in [0.05, 0.1) is 10.7 Å². The Morgan fingerprint density at radius 2 is 2.24 bits per heavy atom. The molecule has 0 bridgehead atoms. The molecule has 0 unspecified atom stereocenters. The third kappa shape index (κ3) is 2.49. The number of carbonyl (C=O) groups excluding carboxylic acids is 1. The highest BCUT2D eigenvalue weighted by Gasteiger charge is 2.22. The van der Waals surface area contributed by atoms with E-state index in [0.717, 1.165) is 42.4 Å². The Morgan fingerprint density at radius 1 is 1.48 bits per heavy atom. The van der Waals surface area contributed by atoms with Gasteiger partial charge in [-0.05, 0) is 41.3 Å². The predicted molar refractivity (Wildman–Crippen MR) is 82.5 cm³/mol. The summed E-state index contributed by atoms with van der Waals surface area (Å²) in [5.74, 6) is 1.03. The lowest BCUT2D eigenvalue weighted by Crippen LogP contribution is -2.24. The van der Waals surface area contributed by atoms with Gasteiger partial charge in [-0.3, -0.25) is 0 Å². The second kappa shape index (κ2) is 5.40. The van der Waals surface area contributed by atoms with Gasteiger partial charge in [0.25, 0.3) is 0 Å². The Balaban J connectivity index is 2.19. The fourth-order valence-corrected chi connectivity index (χ4v) is 3.12. The van der Waals surface area contributed by atoms with E-state index in [4.69, 9.17) is 10.2 Å². The Morgan fingerprint density at radius 3 is 3.00 bits per heavy atom. The number of benzene rings is 1. The maximum Gasteiger partial charge on any atom is 0.332 e. The quantitative estimate of drug-likeness (QED) is 0.572. The SMILES string of the molecule is NC(=O)N/N=C/c1c(O)c(Br)cc2oc3c(c12)CCCC3. The molecule has 0 fully saturated rings. The van der Waals surface area contributed by atoms with Crippen LogP contribution in [0.25, 0.3) is 11.0 Å². The lowest BCUT2D eigenvalue weighted by molar-refractivity contribution is 0.249. The number of nitrogens with one attached hydrogen (secondary N) is 1. The number of phenols is 1. The van der Waals surface area contributed by atoms with Crippen LogP contribution in [0.1, 0.15) is 29.7 Å². The molecule has 1 aliphatic rings. The second-order valence-electron chi connectivity index (χ2n) is 4.94. The Bertz CT molecular complexity index is 752. The van der Waals surface area contributed by atoms with E-state index in [1.807, 2.05) is 0 Å². The summed E-state index contributed by atoms with van der Waals surface area (Å²) in [7, 11) is 0. The lowest BCUT2D eigenvalue weighted by Gasteiger charge is -2.10. The molecule has 0 atom stereocenters. The molecule has 3 rings (SSSR count). The van der Waals surface area contributed by atoms with Crippen LogP contribution in [-0.4, -0.2) is 17.4 Å². The topological polar surface area (TPSA) is 101 Å². The van der Waals surface area contributed by atoms with E-state index in [9.17, 15) is 9.90 Å². The first-order chi connectivity index (χ1) is 10.1. The van der Waals surface area contributed by atoms with Crippen molar-refractivity contribution >= 4 is 39.1 Å². The van der Waals surface area contributed by atoms with Crippen molar-refractivity contribution in [2.45, 2.75) is 25.7 Å². The van der Waals surface area contributed by atoms with Crippen LogP contribution in [-0.2, 0) is 12.8 Å². The van der Waals surface area contributed by atoms with E-state index in [1.54, 1.807) is 6.07 Å². The standard InChI is InChI=1S/C14H14BrN3O3/c15-9-5-11-12(7-3-1-2-4-10(7)21-11)8(13(9)19)6-17-18-14(16)20/h5-6,19H,1-4H2,(H3,16,18,20)/b17-6+. The Hall–Kier alpha value is -2.02. The molecule has 1 heterocycles. The number of phenolic OH excluding ortho intramolecular Hbond substituents is 1. The molecule has 2 aromatic rings. The van der Waals surface area contributed by atoms with Crippen molar-refractivity contribution in [3.05, 3.63) is 27.4 Å². The van der Waals surface area contributed by atoms with E-state index >= 15 is 0 Å². The number of hydrogen-bond acceptors (Lipinski definition) is 4. The van der Waals surface area contributed by atoms with Crippen molar-refractivity contribution in [3.8, 4) is 5.75 Å². The molecule has 6 nitrogen and oxygen atoms in total. The van der Waals surface area contributed by atoms with Crippen molar-refractivity contribution in [2.24, 2.45) is 10.8 Å². The number of amides is 2. The summed E-state index contributed by atoms with van der Waals surface area (Å²) in [4.78, 5) is 10.7. The number of aromatic hydroxyl groups is 1. The number of nitrogens with zero attached hydrogens (tertiary/aromatic N) is 1. The molecule has 1 aliphatic carbocycles. The largest absolute Gasteiger partial charge is 0.506 e. The van der Waals surface area contributed by atoms with Gasteiger partial charge in [0.2, 0.25) is 0 Å². The van der Waals surface area contributed by atoms with Crippen molar-refractivity contribution in [3.63, 3.8) is 0 Å². The number of carbonyl (C=O) groups is 1. The molecule has 4 N–H and O–H groups in total. The first-order valence-corrected chi connectivity index (χ1v) is 7.41. The smallest absolute Gasteiger partial charge is 0.332 e. The molecule has 0 saturated heterocycles. The molecule has 0 radical (unpaired) electrons. The van der Waals surface area contributed by atoms with Crippen LogP contribution in [0.4, 0.5) is 4.79 Å². The van der Waals surface area contributed by atoms with Gasteiger partial charge in [0.1, 0.15) is 17.1 Å². The van der Waals surface area contributed by atoms with Crippen molar-refractivity contribution in [2.75, 3.05) is 0 Å². The lowest BCUT2D eigenvalue weighted by atomic mass is 9.94. The van der Waals surface area contributed by atoms with Gasteiger partial charge in [0, 0.05) is 22.9 Å². The zero-order chi connectivity index (χ0) is 15.0. The number of furan rings is 1. The molecular weight excluding hydrogens is 338 g/mol. The number of halogens is 1. The van der Waals surface area contributed by atoms with Gasteiger partial charge < -0.3 is 15.3 Å². The molecule has 1 aromatic carbocycles. The second-order valence-corrected chi connectivity index (χ2v) is 5.79. The van der Waals surface area contributed by atoms with E-state index in [2.05, 4.69) is 26.5 Å². The molecule has 110 valence electrons. The summed E-state index contributed by atoms with van der Waals surface area (Å²) in [6.07, 6.45) is 5.39. The van der Waals surface area contributed by atoms with Gasteiger partial charge in [-0.2, -0.15) is 5.10 Å². The summed E-state index contributed by atoms with van der Waals surface area (Å²) in [6.45, 7) is 0. The highest BCUT2D eigenvalue weighted by atomic mass is 79.9. The van der Waals surface area contributed by atoms with E-state index < -0.39 is 6.03 Å². The van der Waals surface area contributed by atoms with Crippen LogP contribution in [0.3, 0.4) is 0 Å². The van der Waals surface area contributed by atoms with Gasteiger partial charge in [-0.15, -0.1) is 0 Å². The summed E-state index contributed by atoms with van der Waals surface area (Å²) in [6, 6.07) is 0.994. The van der Waals surface area contributed by atoms with Gasteiger partial charge in [-0.25, -0.2) is 10.2 Å². The number of rotatable bonds is 2. The maximum atomic E-state index is 10.7. The van der Waals surface area contributed by atoms with E-state index in [0.29, 0.717) is 15.6 Å². The normalized spacial score (nSPS) is 14.5. The molecular formula is C14H14BrN3O3. The van der Waals surface area contributed by atoms with Crippen LogP contribution in [0.15, 0.2) is 20.1 Å². The fourth-order valence-electron chi connectivity index (χ4n) is 2.70. The third-order valence-corrected chi connectivity index (χ3v) is 4.18. The average Bonchev–Trinajstić information content (AvgIpc) is 2.80. The molecule has 1 aromatic heterocycles. The minimum Gasteiger partial charge on any atom is -0.506 e. The van der Waals surface area contributed by atoms with Crippen LogP contribution in [0.5, 0.6) is 5.75 Å². The number of urea groups is 1.